The lowest BCUT2D eigenvalue weighted by Gasteiger charge is -2.08. The highest BCUT2D eigenvalue weighted by Gasteiger charge is 2.20. The molecule has 0 saturated heterocycles. The first-order chi connectivity index (χ1) is 9.11. The van der Waals surface area contributed by atoms with Crippen LogP contribution in [0.5, 0.6) is 0 Å². The van der Waals surface area contributed by atoms with Gasteiger partial charge in [0.2, 0.25) is 0 Å². The standard InChI is InChI=1S/C6H10O5.C4H7NO4/c1-2-11-4(6(9)10)3-5(7)8;5-2(4(8)9)1-3(6)7/h4H,2-3H2,1H3,(H,7,8)(H,9,10);2H,1,5H2,(H,6,7)(H,8,9). The van der Waals surface area contributed by atoms with Crippen molar-refractivity contribution < 1.29 is 44.3 Å². The van der Waals surface area contributed by atoms with Crippen LogP contribution in [0.15, 0.2) is 0 Å². The number of nitrogens with two attached hydrogens (primary N) is 1. The van der Waals surface area contributed by atoms with E-state index in [0.29, 0.717) is 0 Å². The lowest BCUT2D eigenvalue weighted by molar-refractivity contribution is -0.156. The van der Waals surface area contributed by atoms with Crippen molar-refractivity contribution in [3.63, 3.8) is 0 Å². The van der Waals surface area contributed by atoms with Gasteiger partial charge in [0.25, 0.3) is 0 Å². The number of hydrogen-bond acceptors (Lipinski definition) is 6. The lowest BCUT2D eigenvalue weighted by Crippen LogP contribution is -2.32. The Balaban J connectivity index is 0. The van der Waals surface area contributed by atoms with Gasteiger partial charge in [-0.05, 0) is 6.92 Å². The number of rotatable bonds is 8. The van der Waals surface area contributed by atoms with Gasteiger partial charge in [-0.2, -0.15) is 0 Å². The smallest absolute Gasteiger partial charge is 0.333 e. The summed E-state index contributed by atoms with van der Waals surface area (Å²) in [5.41, 5.74) is 4.84. The zero-order valence-electron chi connectivity index (χ0n) is 10.7. The molecule has 20 heavy (non-hydrogen) atoms. The van der Waals surface area contributed by atoms with Gasteiger partial charge in [0.05, 0.1) is 12.8 Å². The molecule has 0 heterocycles. The molecule has 2 unspecified atom stereocenters. The Morgan fingerprint density at radius 1 is 0.950 bits per heavy atom. The lowest BCUT2D eigenvalue weighted by atomic mass is 10.2. The van der Waals surface area contributed by atoms with E-state index in [1.165, 1.54) is 0 Å². The zero-order chi connectivity index (χ0) is 16.3. The molecule has 10 nitrogen and oxygen atoms in total. The van der Waals surface area contributed by atoms with Crippen LogP contribution in [0.25, 0.3) is 0 Å². The molecule has 0 spiro atoms. The third-order valence-electron chi connectivity index (χ3n) is 1.72. The first-order valence-electron chi connectivity index (χ1n) is 5.38. The second-order valence-electron chi connectivity index (χ2n) is 3.42. The van der Waals surface area contributed by atoms with E-state index >= 15 is 0 Å². The van der Waals surface area contributed by atoms with Crippen molar-refractivity contribution >= 4 is 23.9 Å². The normalized spacial score (nSPS) is 12.5. The molecule has 0 bridgehead atoms. The van der Waals surface area contributed by atoms with Gasteiger partial charge >= 0.3 is 23.9 Å². The minimum absolute atomic E-state index is 0.199. The van der Waals surface area contributed by atoms with Crippen LogP contribution in [0.2, 0.25) is 0 Å². The van der Waals surface area contributed by atoms with Gasteiger partial charge in [-0.1, -0.05) is 0 Å². The molecule has 0 aromatic heterocycles. The molecule has 0 radical (unpaired) electrons. The first-order valence-corrected chi connectivity index (χ1v) is 5.38. The van der Waals surface area contributed by atoms with E-state index < -0.39 is 48.9 Å². The van der Waals surface area contributed by atoms with Crippen molar-refractivity contribution in [3.05, 3.63) is 0 Å². The third kappa shape index (κ3) is 12.3. The second-order valence-corrected chi connectivity index (χ2v) is 3.42. The summed E-state index contributed by atoms with van der Waals surface area (Å²) >= 11 is 0. The molecule has 0 aliphatic rings. The van der Waals surface area contributed by atoms with Gasteiger partial charge in [-0.3, -0.25) is 14.4 Å². The quantitative estimate of drug-likeness (QED) is 0.365. The summed E-state index contributed by atoms with van der Waals surface area (Å²) in [4.78, 5) is 39.9. The van der Waals surface area contributed by atoms with E-state index in [2.05, 4.69) is 4.74 Å². The highest BCUT2D eigenvalue weighted by molar-refractivity contribution is 5.80. The van der Waals surface area contributed by atoms with Crippen LogP contribution >= 0.6 is 0 Å². The van der Waals surface area contributed by atoms with Crippen molar-refractivity contribution in [3.8, 4) is 0 Å². The highest BCUT2D eigenvalue weighted by Crippen LogP contribution is 1.98. The van der Waals surface area contributed by atoms with E-state index in [1.54, 1.807) is 6.92 Å². The SMILES string of the molecule is CCOC(CC(=O)O)C(=O)O.NC(CC(=O)O)C(=O)O. The molecule has 10 heteroatoms. The summed E-state index contributed by atoms with van der Waals surface area (Å²) in [5, 5.41) is 32.6. The maximum absolute atomic E-state index is 10.2. The summed E-state index contributed by atoms with van der Waals surface area (Å²) in [6, 6.07) is -1.29. The van der Waals surface area contributed by atoms with E-state index in [4.69, 9.17) is 26.2 Å². The van der Waals surface area contributed by atoms with Crippen molar-refractivity contribution in [2.45, 2.75) is 31.9 Å². The molecule has 0 rings (SSSR count). The minimum Gasteiger partial charge on any atom is -0.481 e. The Morgan fingerprint density at radius 3 is 1.60 bits per heavy atom. The molecule has 116 valence electrons. The molecule has 0 fully saturated rings. The van der Waals surface area contributed by atoms with Crippen LogP contribution < -0.4 is 5.73 Å². The highest BCUT2D eigenvalue weighted by atomic mass is 16.5. The van der Waals surface area contributed by atoms with Gasteiger partial charge in [0.15, 0.2) is 6.10 Å². The van der Waals surface area contributed by atoms with Crippen LogP contribution in [0.4, 0.5) is 0 Å². The number of aliphatic carboxylic acids is 4. The first kappa shape index (κ1) is 20.1. The number of hydrogen-bond donors (Lipinski definition) is 5. The van der Waals surface area contributed by atoms with E-state index in [-0.39, 0.29) is 6.61 Å². The van der Waals surface area contributed by atoms with Crippen LogP contribution in [-0.2, 0) is 23.9 Å². The average molecular weight is 295 g/mol. The van der Waals surface area contributed by atoms with Gasteiger partial charge in [-0.15, -0.1) is 0 Å². The molecule has 0 aromatic carbocycles. The fourth-order valence-corrected chi connectivity index (χ4v) is 0.853. The van der Waals surface area contributed by atoms with Gasteiger partial charge < -0.3 is 30.9 Å². The summed E-state index contributed by atoms with van der Waals surface area (Å²) in [7, 11) is 0. The fourth-order valence-electron chi connectivity index (χ4n) is 0.853. The monoisotopic (exact) mass is 295 g/mol. The van der Waals surface area contributed by atoms with Gasteiger partial charge in [0, 0.05) is 6.61 Å². The maximum Gasteiger partial charge on any atom is 0.333 e. The van der Waals surface area contributed by atoms with E-state index in [9.17, 15) is 19.2 Å². The van der Waals surface area contributed by atoms with E-state index in [0.717, 1.165) is 0 Å². The number of carboxylic acids is 4. The molecule has 0 aliphatic carbocycles. The molecule has 0 aromatic rings. The van der Waals surface area contributed by atoms with E-state index in [1.807, 2.05) is 0 Å². The summed E-state index contributed by atoms with van der Waals surface area (Å²) < 4.78 is 4.63. The Labute approximate surface area is 113 Å². The van der Waals surface area contributed by atoms with Crippen molar-refractivity contribution in [2.75, 3.05) is 6.61 Å². The molecular formula is C10H17NO9. The maximum atomic E-state index is 10.2. The van der Waals surface area contributed by atoms with Crippen LogP contribution in [0.3, 0.4) is 0 Å². The topological polar surface area (TPSA) is 184 Å². The number of carboxylic acid groups (broad SMARTS) is 4. The molecule has 0 amide bonds. The van der Waals surface area contributed by atoms with Crippen LogP contribution in [0.1, 0.15) is 19.8 Å². The number of ether oxygens (including phenoxy) is 1. The summed E-state index contributed by atoms with van der Waals surface area (Å²) in [5.74, 6) is -4.91. The molecule has 2 atom stereocenters. The van der Waals surface area contributed by atoms with Crippen molar-refractivity contribution in [1.82, 2.24) is 0 Å². The molecule has 6 N–H and O–H groups in total. The zero-order valence-corrected chi connectivity index (χ0v) is 10.7. The summed E-state index contributed by atoms with van der Waals surface area (Å²) in [6.07, 6.45) is -2.25. The predicted molar refractivity (Wildman–Crippen MR) is 63.2 cm³/mol. The largest absolute Gasteiger partial charge is 0.481 e. The molecular weight excluding hydrogens is 278 g/mol. The molecule has 0 aliphatic heterocycles. The number of carbonyl (C=O) groups is 4. The summed E-state index contributed by atoms with van der Waals surface area (Å²) in [6.45, 7) is 1.81. The average Bonchev–Trinajstić information content (AvgIpc) is 2.27. The van der Waals surface area contributed by atoms with Crippen LogP contribution in [-0.4, -0.2) is 63.1 Å². The Kier molecular flexibility index (Phi) is 10.8. The predicted octanol–water partition coefficient (Wildman–Crippen LogP) is -1.18. The molecule has 0 saturated carbocycles. The Bertz CT molecular complexity index is 355. The minimum atomic E-state index is -1.29. The van der Waals surface area contributed by atoms with Crippen molar-refractivity contribution in [2.24, 2.45) is 5.73 Å². The van der Waals surface area contributed by atoms with Crippen molar-refractivity contribution in [1.29, 1.82) is 0 Å². The fraction of sp³-hybridized carbons (Fsp3) is 0.600. The third-order valence-corrected chi connectivity index (χ3v) is 1.72. The Hall–Kier alpha value is -2.20. The van der Waals surface area contributed by atoms with Gasteiger partial charge in [0.1, 0.15) is 6.04 Å². The second kappa shape index (κ2) is 10.7. The van der Waals surface area contributed by atoms with Gasteiger partial charge in [-0.25, -0.2) is 4.79 Å². The Morgan fingerprint density at radius 2 is 1.40 bits per heavy atom. The van der Waals surface area contributed by atoms with Crippen LogP contribution in [0, 0.1) is 0 Å².